The van der Waals surface area contributed by atoms with Gasteiger partial charge in [-0.2, -0.15) is 10.2 Å². The lowest BCUT2D eigenvalue weighted by atomic mass is 10.2. The van der Waals surface area contributed by atoms with Gasteiger partial charge in [-0.05, 0) is 36.7 Å². The normalized spacial score (nSPS) is 11.6. The van der Waals surface area contributed by atoms with Crippen LogP contribution in [0.2, 0.25) is 0 Å². The summed E-state index contributed by atoms with van der Waals surface area (Å²) in [4.78, 5) is 0. The SMILES string of the molecule is CCn1nc(C)c(Br)c1Cn1ncc(CNC(C)C)c1C. The predicted molar refractivity (Wildman–Crippen MR) is 88.4 cm³/mol. The average molecular weight is 354 g/mol. The van der Waals surface area contributed by atoms with Crippen LogP contribution < -0.4 is 5.32 Å². The van der Waals surface area contributed by atoms with E-state index in [1.807, 2.05) is 22.5 Å². The molecule has 0 spiro atoms. The molecule has 0 atom stereocenters. The molecule has 0 radical (unpaired) electrons. The van der Waals surface area contributed by atoms with E-state index in [9.17, 15) is 0 Å². The maximum atomic E-state index is 4.54. The largest absolute Gasteiger partial charge is 0.310 e. The first-order valence-electron chi connectivity index (χ1n) is 7.40. The molecule has 0 saturated heterocycles. The summed E-state index contributed by atoms with van der Waals surface area (Å²) in [5.41, 5.74) is 4.65. The molecule has 2 aromatic rings. The van der Waals surface area contributed by atoms with Crippen molar-refractivity contribution in [3.8, 4) is 0 Å². The van der Waals surface area contributed by atoms with E-state index in [-0.39, 0.29) is 0 Å². The van der Waals surface area contributed by atoms with Gasteiger partial charge < -0.3 is 5.32 Å². The van der Waals surface area contributed by atoms with Gasteiger partial charge in [-0.15, -0.1) is 0 Å². The molecule has 1 N–H and O–H groups in total. The van der Waals surface area contributed by atoms with Crippen LogP contribution in [0.3, 0.4) is 0 Å². The molecule has 0 fully saturated rings. The number of aryl methyl sites for hydroxylation is 2. The van der Waals surface area contributed by atoms with Crippen molar-refractivity contribution in [3.05, 3.63) is 33.3 Å². The van der Waals surface area contributed by atoms with E-state index in [0.29, 0.717) is 6.04 Å². The van der Waals surface area contributed by atoms with Crippen LogP contribution in [-0.2, 0) is 19.6 Å². The fourth-order valence-corrected chi connectivity index (χ4v) is 2.70. The van der Waals surface area contributed by atoms with Crippen LogP contribution in [-0.4, -0.2) is 25.6 Å². The second-order valence-corrected chi connectivity index (χ2v) is 6.40. The standard InChI is InChI=1S/C15H24BrN5/c1-6-20-14(15(16)11(4)19-20)9-21-12(5)13(8-18-21)7-17-10(2)3/h8,10,17H,6-7,9H2,1-5H3. The number of halogens is 1. The van der Waals surface area contributed by atoms with Crippen LogP contribution in [0.5, 0.6) is 0 Å². The summed E-state index contributed by atoms with van der Waals surface area (Å²) in [7, 11) is 0. The van der Waals surface area contributed by atoms with Gasteiger partial charge in [0.2, 0.25) is 0 Å². The van der Waals surface area contributed by atoms with Crippen LogP contribution in [0.15, 0.2) is 10.7 Å². The molecule has 0 saturated carbocycles. The average Bonchev–Trinajstić information content (AvgIpc) is 2.92. The Labute approximate surface area is 134 Å². The Morgan fingerprint density at radius 2 is 2.00 bits per heavy atom. The molecule has 0 bridgehead atoms. The fraction of sp³-hybridized carbons (Fsp3) is 0.600. The highest BCUT2D eigenvalue weighted by Gasteiger charge is 2.15. The Kier molecular flexibility index (Phi) is 5.22. The molecule has 2 rings (SSSR count). The van der Waals surface area contributed by atoms with Crippen LogP contribution >= 0.6 is 15.9 Å². The van der Waals surface area contributed by atoms with Crippen molar-refractivity contribution in [2.24, 2.45) is 0 Å². The number of nitrogens with zero attached hydrogens (tertiary/aromatic N) is 4. The second kappa shape index (κ2) is 6.75. The van der Waals surface area contributed by atoms with E-state index in [1.54, 1.807) is 0 Å². The van der Waals surface area contributed by atoms with E-state index < -0.39 is 0 Å². The molecule has 0 unspecified atom stereocenters. The van der Waals surface area contributed by atoms with Crippen molar-refractivity contribution in [2.75, 3.05) is 0 Å². The maximum absolute atomic E-state index is 4.54. The summed E-state index contributed by atoms with van der Waals surface area (Å²) < 4.78 is 5.17. The molecule has 21 heavy (non-hydrogen) atoms. The Morgan fingerprint density at radius 3 is 2.62 bits per heavy atom. The number of nitrogens with one attached hydrogen (secondary N) is 1. The third-order valence-electron chi connectivity index (χ3n) is 3.66. The van der Waals surface area contributed by atoms with E-state index in [1.165, 1.54) is 17.0 Å². The third-order valence-corrected chi connectivity index (χ3v) is 4.69. The zero-order chi connectivity index (χ0) is 15.6. The smallest absolute Gasteiger partial charge is 0.0842 e. The minimum atomic E-state index is 0.478. The molecule has 5 nitrogen and oxygen atoms in total. The van der Waals surface area contributed by atoms with Crippen molar-refractivity contribution in [3.63, 3.8) is 0 Å². The first-order valence-corrected chi connectivity index (χ1v) is 8.19. The molecule has 0 aliphatic carbocycles. The molecule has 0 aromatic carbocycles. The molecular formula is C15H24BrN5. The summed E-state index contributed by atoms with van der Waals surface area (Å²) in [5.74, 6) is 0. The minimum absolute atomic E-state index is 0.478. The fourth-order valence-electron chi connectivity index (χ4n) is 2.29. The van der Waals surface area contributed by atoms with Crippen molar-refractivity contribution < 1.29 is 0 Å². The summed E-state index contributed by atoms with van der Waals surface area (Å²) in [6.07, 6.45) is 1.96. The summed E-state index contributed by atoms with van der Waals surface area (Å²) in [6.45, 7) is 13.0. The molecule has 116 valence electrons. The highest BCUT2D eigenvalue weighted by atomic mass is 79.9. The molecule has 0 aliphatic rings. The maximum Gasteiger partial charge on any atom is 0.0842 e. The second-order valence-electron chi connectivity index (χ2n) is 5.61. The Bertz CT molecular complexity index is 612. The summed E-state index contributed by atoms with van der Waals surface area (Å²) in [5, 5.41) is 12.5. The van der Waals surface area contributed by atoms with Gasteiger partial charge in [-0.25, -0.2) is 0 Å². The summed E-state index contributed by atoms with van der Waals surface area (Å²) >= 11 is 3.64. The van der Waals surface area contributed by atoms with Crippen molar-refractivity contribution in [1.82, 2.24) is 24.9 Å². The van der Waals surface area contributed by atoms with Gasteiger partial charge in [0.25, 0.3) is 0 Å². The van der Waals surface area contributed by atoms with Gasteiger partial charge in [-0.1, -0.05) is 13.8 Å². The lowest BCUT2D eigenvalue weighted by Crippen LogP contribution is -2.22. The predicted octanol–water partition coefficient (Wildman–Crippen LogP) is 3.03. The Hall–Kier alpha value is -1.14. The Morgan fingerprint density at radius 1 is 1.29 bits per heavy atom. The highest BCUT2D eigenvalue weighted by molar-refractivity contribution is 9.10. The minimum Gasteiger partial charge on any atom is -0.310 e. The van der Waals surface area contributed by atoms with Gasteiger partial charge in [0.05, 0.1) is 28.6 Å². The highest BCUT2D eigenvalue weighted by Crippen LogP contribution is 2.22. The van der Waals surface area contributed by atoms with Crippen LogP contribution in [0.1, 0.15) is 43.4 Å². The quantitative estimate of drug-likeness (QED) is 0.868. The monoisotopic (exact) mass is 353 g/mol. The molecule has 6 heteroatoms. The molecular weight excluding hydrogens is 330 g/mol. The van der Waals surface area contributed by atoms with E-state index in [2.05, 4.69) is 59.1 Å². The number of hydrogen-bond acceptors (Lipinski definition) is 3. The van der Waals surface area contributed by atoms with Gasteiger partial charge in [0.15, 0.2) is 0 Å². The lowest BCUT2D eigenvalue weighted by Gasteiger charge is -2.10. The van der Waals surface area contributed by atoms with Gasteiger partial charge in [0, 0.05) is 30.4 Å². The van der Waals surface area contributed by atoms with Gasteiger partial charge in [0.1, 0.15) is 0 Å². The van der Waals surface area contributed by atoms with Crippen molar-refractivity contribution in [2.45, 2.75) is 60.3 Å². The molecule has 0 amide bonds. The van der Waals surface area contributed by atoms with Crippen molar-refractivity contribution >= 4 is 15.9 Å². The molecule has 0 aliphatic heterocycles. The molecule has 2 aromatic heterocycles. The van der Waals surface area contributed by atoms with E-state index in [4.69, 9.17) is 0 Å². The Balaban J connectivity index is 2.21. The van der Waals surface area contributed by atoms with Crippen LogP contribution in [0.25, 0.3) is 0 Å². The molecule has 2 heterocycles. The van der Waals surface area contributed by atoms with E-state index in [0.717, 1.165) is 29.8 Å². The third kappa shape index (κ3) is 3.55. The number of aromatic nitrogens is 4. The van der Waals surface area contributed by atoms with Crippen LogP contribution in [0, 0.1) is 13.8 Å². The van der Waals surface area contributed by atoms with Gasteiger partial charge >= 0.3 is 0 Å². The van der Waals surface area contributed by atoms with Crippen LogP contribution in [0.4, 0.5) is 0 Å². The number of hydrogen-bond donors (Lipinski definition) is 1. The topological polar surface area (TPSA) is 47.7 Å². The lowest BCUT2D eigenvalue weighted by molar-refractivity contribution is 0.563. The first kappa shape index (κ1) is 16.2. The number of rotatable bonds is 6. The van der Waals surface area contributed by atoms with Gasteiger partial charge in [-0.3, -0.25) is 9.36 Å². The van der Waals surface area contributed by atoms with Crippen molar-refractivity contribution in [1.29, 1.82) is 0 Å². The zero-order valence-electron chi connectivity index (χ0n) is 13.4. The zero-order valence-corrected chi connectivity index (χ0v) is 15.0. The first-order chi connectivity index (χ1) is 9.93. The van der Waals surface area contributed by atoms with E-state index >= 15 is 0 Å². The summed E-state index contributed by atoms with van der Waals surface area (Å²) in [6, 6.07) is 0.478.